The molecule has 5 heterocycles. The summed E-state index contributed by atoms with van der Waals surface area (Å²) in [4.78, 5) is 6.65. The lowest BCUT2D eigenvalue weighted by Gasteiger charge is -2.46. The first kappa shape index (κ1) is 22.1. The molecule has 6 heteroatoms. The summed E-state index contributed by atoms with van der Waals surface area (Å²) in [5.74, 6) is 6.63. The highest BCUT2D eigenvalue weighted by atomic mass is 32.2. The van der Waals surface area contributed by atoms with E-state index in [-0.39, 0.29) is 0 Å². The largest absolute Gasteiger partial charge is 0.357 e. The number of piperidine rings is 1. The predicted molar refractivity (Wildman–Crippen MR) is 148 cm³/mol. The molecule has 0 amide bonds. The van der Waals surface area contributed by atoms with Crippen LogP contribution in [-0.4, -0.2) is 46.0 Å². The molecule has 1 aromatic heterocycles. The van der Waals surface area contributed by atoms with Crippen molar-refractivity contribution in [3.05, 3.63) is 56.1 Å². The van der Waals surface area contributed by atoms with E-state index in [1.165, 1.54) is 84.8 Å². The number of hydrogen-bond donors (Lipinski definition) is 1. The van der Waals surface area contributed by atoms with Crippen molar-refractivity contribution in [1.82, 2.24) is 9.88 Å². The Balaban J connectivity index is 1.29. The molecule has 3 fully saturated rings. The number of aromatic nitrogens is 1. The maximum Gasteiger partial charge on any atom is 0.0507 e. The number of rotatable bonds is 3. The number of allylic oxidation sites excluding steroid dienone is 2. The highest BCUT2D eigenvalue weighted by Gasteiger charge is 2.39. The Labute approximate surface area is 209 Å². The molecule has 1 aromatic carbocycles. The molecule has 3 saturated heterocycles. The van der Waals surface area contributed by atoms with Gasteiger partial charge in [0.15, 0.2) is 0 Å². The molecule has 2 nitrogen and oxygen atoms in total. The molecule has 1 N–H and O–H groups in total. The average Bonchev–Trinajstić information content (AvgIpc) is 3.23. The second-order valence-corrected chi connectivity index (χ2v) is 14.4. The number of nitrogens with one attached hydrogen (secondary N) is 1. The van der Waals surface area contributed by atoms with Gasteiger partial charge in [-0.3, -0.25) is 4.90 Å². The Bertz CT molecular complexity index is 1010. The van der Waals surface area contributed by atoms with Gasteiger partial charge in [-0.2, -0.15) is 0 Å². The fraction of sp³-hybridized carbons (Fsp3) is 0.538. The van der Waals surface area contributed by atoms with Gasteiger partial charge in [0.25, 0.3) is 0 Å². The van der Waals surface area contributed by atoms with Crippen LogP contribution in [0.3, 0.4) is 0 Å². The van der Waals surface area contributed by atoms with Crippen LogP contribution in [0.1, 0.15) is 43.0 Å². The van der Waals surface area contributed by atoms with E-state index in [9.17, 15) is 0 Å². The van der Waals surface area contributed by atoms with Crippen LogP contribution in [0.5, 0.6) is 0 Å². The topological polar surface area (TPSA) is 19.0 Å². The van der Waals surface area contributed by atoms with E-state index >= 15 is 0 Å². The zero-order valence-electron chi connectivity index (χ0n) is 18.6. The zero-order chi connectivity index (χ0) is 21.3. The summed E-state index contributed by atoms with van der Waals surface area (Å²) in [6.45, 7) is 2.45. The van der Waals surface area contributed by atoms with Crippen molar-refractivity contribution < 1.29 is 0 Å². The third-order valence-electron chi connectivity index (χ3n) is 7.33. The van der Waals surface area contributed by atoms with Crippen molar-refractivity contribution in [2.24, 2.45) is 11.8 Å². The standard InChI is InChI=1S/C26H32N2S4/c1-2-6-22-20(5-1)21-9-10-28-17-18(7-8-24-29-11-3-12-30-24)19(15-23(28)26(21)27-22)16-25-31-13-4-14-32-25/h1-2,5-6,8,16,18-19,23,27H,3-4,7,9-15,17H2/t18-,19-,23+/m1/s1. The van der Waals surface area contributed by atoms with Crippen molar-refractivity contribution in [2.45, 2.75) is 38.1 Å². The average molecular weight is 501 g/mol. The van der Waals surface area contributed by atoms with E-state index < -0.39 is 0 Å². The van der Waals surface area contributed by atoms with Crippen LogP contribution in [0, 0.1) is 11.8 Å². The minimum atomic E-state index is 0.550. The summed E-state index contributed by atoms with van der Waals surface area (Å²) < 4.78 is 3.18. The lowest BCUT2D eigenvalue weighted by atomic mass is 9.77. The van der Waals surface area contributed by atoms with Crippen LogP contribution in [0.4, 0.5) is 0 Å². The first-order chi connectivity index (χ1) is 15.8. The molecule has 170 valence electrons. The normalized spacial score (nSPS) is 28.9. The van der Waals surface area contributed by atoms with Gasteiger partial charge in [-0.05, 0) is 78.6 Å². The number of aromatic amines is 1. The van der Waals surface area contributed by atoms with E-state index in [1.807, 2.05) is 0 Å². The molecule has 0 saturated carbocycles. The highest BCUT2D eigenvalue weighted by Crippen LogP contribution is 2.47. The first-order valence-electron chi connectivity index (χ1n) is 12.1. The molecule has 0 bridgehead atoms. The second kappa shape index (κ2) is 10.1. The molecular formula is C26H32N2S4. The van der Waals surface area contributed by atoms with Crippen molar-refractivity contribution in [2.75, 3.05) is 36.1 Å². The molecular weight excluding hydrogens is 469 g/mol. The van der Waals surface area contributed by atoms with Crippen LogP contribution in [0.2, 0.25) is 0 Å². The number of hydrogen-bond acceptors (Lipinski definition) is 5. The van der Waals surface area contributed by atoms with Crippen LogP contribution < -0.4 is 0 Å². The van der Waals surface area contributed by atoms with Crippen molar-refractivity contribution in [3.63, 3.8) is 0 Å². The van der Waals surface area contributed by atoms with Gasteiger partial charge in [0.2, 0.25) is 0 Å². The van der Waals surface area contributed by atoms with Crippen LogP contribution >= 0.6 is 47.0 Å². The minimum absolute atomic E-state index is 0.550. The molecule has 4 aliphatic rings. The van der Waals surface area contributed by atoms with Gasteiger partial charge >= 0.3 is 0 Å². The maximum atomic E-state index is 3.85. The number of para-hydroxylation sites is 1. The Morgan fingerprint density at radius 3 is 2.53 bits per heavy atom. The van der Waals surface area contributed by atoms with E-state index in [4.69, 9.17) is 0 Å². The zero-order valence-corrected chi connectivity index (χ0v) is 21.8. The number of fused-ring (bicyclic) bond motifs is 5. The monoisotopic (exact) mass is 500 g/mol. The van der Waals surface area contributed by atoms with Gasteiger partial charge in [-0.1, -0.05) is 30.4 Å². The van der Waals surface area contributed by atoms with Crippen LogP contribution in [0.15, 0.2) is 44.9 Å². The summed E-state index contributed by atoms with van der Waals surface area (Å²) in [5.41, 5.74) is 4.43. The van der Waals surface area contributed by atoms with Crippen molar-refractivity contribution >= 4 is 58.0 Å². The number of thioether (sulfide) groups is 4. The number of H-pyrrole nitrogens is 1. The predicted octanol–water partition coefficient (Wildman–Crippen LogP) is 7.52. The Hall–Kier alpha value is -0.400. The molecule has 6 rings (SSSR count). The van der Waals surface area contributed by atoms with Gasteiger partial charge in [0.05, 0.1) is 6.04 Å². The van der Waals surface area contributed by atoms with Crippen LogP contribution in [0.25, 0.3) is 10.9 Å². The van der Waals surface area contributed by atoms with Gasteiger partial charge in [0, 0.05) is 38.2 Å². The Morgan fingerprint density at radius 2 is 1.72 bits per heavy atom. The third-order valence-corrected chi connectivity index (χ3v) is 12.5. The Morgan fingerprint density at radius 1 is 0.969 bits per heavy atom. The quantitative estimate of drug-likeness (QED) is 0.468. The lowest BCUT2D eigenvalue weighted by Crippen LogP contribution is -2.45. The molecule has 0 unspecified atom stereocenters. The third kappa shape index (κ3) is 4.59. The molecule has 3 atom stereocenters. The maximum absolute atomic E-state index is 3.85. The Kier molecular flexibility index (Phi) is 6.95. The molecule has 32 heavy (non-hydrogen) atoms. The van der Waals surface area contributed by atoms with Gasteiger partial charge < -0.3 is 4.98 Å². The molecule has 2 aromatic rings. The first-order valence-corrected chi connectivity index (χ1v) is 16.1. The fourth-order valence-electron chi connectivity index (χ4n) is 5.72. The summed E-state index contributed by atoms with van der Waals surface area (Å²) in [6, 6.07) is 9.47. The molecule has 4 aliphatic heterocycles. The van der Waals surface area contributed by atoms with Crippen molar-refractivity contribution in [1.29, 1.82) is 0 Å². The molecule has 0 aliphatic carbocycles. The second-order valence-electron chi connectivity index (χ2n) is 9.33. The summed E-state index contributed by atoms with van der Waals surface area (Å²) in [5, 5.41) is 1.45. The van der Waals surface area contributed by atoms with E-state index in [0.29, 0.717) is 12.0 Å². The fourth-order valence-corrected chi connectivity index (χ4v) is 10.7. The summed E-state index contributed by atoms with van der Waals surface area (Å²) in [6.07, 6.45) is 11.7. The van der Waals surface area contributed by atoms with Gasteiger partial charge in [-0.25, -0.2) is 0 Å². The number of nitrogens with zero attached hydrogens (tertiary/aromatic N) is 1. The minimum Gasteiger partial charge on any atom is -0.357 e. The summed E-state index contributed by atoms with van der Waals surface area (Å²) in [7, 11) is 0. The van der Waals surface area contributed by atoms with Gasteiger partial charge in [-0.15, -0.1) is 47.0 Å². The SMILES string of the molecule is C(C[C@@H]1CN2CCc3c([nH]c4ccccc34)[C@@H]2C[C@@H]1C=C1SCCCS1)=C1SCCCS1. The number of benzene rings is 1. The van der Waals surface area contributed by atoms with Crippen molar-refractivity contribution in [3.8, 4) is 0 Å². The van der Waals surface area contributed by atoms with E-state index in [1.54, 1.807) is 14.0 Å². The van der Waals surface area contributed by atoms with Crippen LogP contribution in [-0.2, 0) is 6.42 Å². The highest BCUT2D eigenvalue weighted by molar-refractivity contribution is 8.23. The summed E-state index contributed by atoms with van der Waals surface area (Å²) >= 11 is 8.38. The molecule has 0 spiro atoms. The van der Waals surface area contributed by atoms with Gasteiger partial charge in [0.1, 0.15) is 0 Å². The lowest BCUT2D eigenvalue weighted by molar-refractivity contribution is 0.0705. The molecule has 0 radical (unpaired) electrons. The van der Waals surface area contributed by atoms with E-state index in [2.05, 4.69) is 93.3 Å². The van der Waals surface area contributed by atoms with E-state index in [0.717, 1.165) is 5.92 Å². The smallest absolute Gasteiger partial charge is 0.0507 e.